The van der Waals surface area contributed by atoms with Crippen molar-refractivity contribution in [2.24, 2.45) is 12.5 Å². The molecule has 0 bridgehead atoms. The van der Waals surface area contributed by atoms with Crippen LogP contribution in [0.4, 0.5) is 0 Å². The predicted molar refractivity (Wildman–Crippen MR) is 108 cm³/mol. The van der Waals surface area contributed by atoms with E-state index in [4.69, 9.17) is 0 Å². The number of nitrogens with zero attached hydrogens (tertiary/aromatic N) is 2. The average Bonchev–Trinajstić information content (AvgIpc) is 3.05. The number of fused-ring (bicyclic) bond motifs is 1. The molecule has 2 aromatic carbocycles. The maximum absolute atomic E-state index is 13.3. The van der Waals surface area contributed by atoms with Crippen molar-refractivity contribution < 1.29 is 14.7 Å². The van der Waals surface area contributed by atoms with E-state index >= 15 is 0 Å². The molecule has 1 saturated heterocycles. The summed E-state index contributed by atoms with van der Waals surface area (Å²) in [6.45, 7) is 0.825. The van der Waals surface area contributed by atoms with Crippen LogP contribution in [-0.2, 0) is 18.3 Å². The lowest BCUT2D eigenvalue weighted by Crippen LogP contribution is -2.51. The van der Waals surface area contributed by atoms with Crippen molar-refractivity contribution in [2.75, 3.05) is 13.1 Å². The van der Waals surface area contributed by atoms with Gasteiger partial charge in [-0.3, -0.25) is 9.59 Å². The second kappa shape index (κ2) is 7.15. The number of hydrogen-bond acceptors (Lipinski definition) is 2. The van der Waals surface area contributed by atoms with Crippen LogP contribution in [0.5, 0.6) is 0 Å². The molecule has 1 amide bonds. The summed E-state index contributed by atoms with van der Waals surface area (Å²) in [5, 5.41) is 11.0. The van der Waals surface area contributed by atoms with Gasteiger partial charge in [0.2, 0.25) is 0 Å². The Bertz CT molecular complexity index is 1020. The first kappa shape index (κ1) is 18.3. The van der Waals surface area contributed by atoms with Crippen LogP contribution in [0.2, 0.25) is 0 Å². The largest absolute Gasteiger partial charge is 0.481 e. The zero-order valence-electron chi connectivity index (χ0n) is 16.0. The van der Waals surface area contributed by atoms with Crippen LogP contribution in [0, 0.1) is 5.41 Å². The number of piperidine rings is 1. The maximum atomic E-state index is 13.3. The van der Waals surface area contributed by atoms with Gasteiger partial charge in [0.15, 0.2) is 0 Å². The number of carbonyl (C=O) groups excluding carboxylic acids is 1. The number of amides is 1. The highest BCUT2D eigenvalue weighted by Crippen LogP contribution is 2.35. The van der Waals surface area contributed by atoms with Gasteiger partial charge in [-0.2, -0.15) is 0 Å². The number of carboxylic acid groups (broad SMARTS) is 1. The van der Waals surface area contributed by atoms with E-state index in [2.05, 4.69) is 0 Å². The second-order valence-corrected chi connectivity index (χ2v) is 7.75. The molecule has 28 heavy (non-hydrogen) atoms. The highest BCUT2D eigenvalue weighted by molar-refractivity contribution is 6.07. The van der Waals surface area contributed by atoms with Crippen molar-refractivity contribution in [1.82, 2.24) is 9.47 Å². The first-order valence-electron chi connectivity index (χ1n) is 9.61. The third kappa shape index (κ3) is 3.17. The number of aromatic nitrogens is 1. The zero-order chi connectivity index (χ0) is 19.7. The lowest BCUT2D eigenvalue weighted by Gasteiger charge is -2.40. The molecule has 0 radical (unpaired) electrons. The number of para-hydroxylation sites is 1. The Balaban J connectivity index is 1.64. The minimum absolute atomic E-state index is 0.0878. The van der Waals surface area contributed by atoms with Crippen LogP contribution in [0.25, 0.3) is 10.9 Å². The number of benzene rings is 2. The first-order valence-corrected chi connectivity index (χ1v) is 9.61. The number of hydrogen-bond donors (Lipinski definition) is 1. The third-order valence-electron chi connectivity index (χ3n) is 5.83. The number of likely N-dealkylation sites (tertiary alicyclic amines) is 1. The highest BCUT2D eigenvalue weighted by atomic mass is 16.4. The normalized spacial score (nSPS) is 19.7. The Morgan fingerprint density at radius 2 is 1.79 bits per heavy atom. The van der Waals surface area contributed by atoms with Crippen LogP contribution in [0.3, 0.4) is 0 Å². The molecule has 0 spiro atoms. The minimum Gasteiger partial charge on any atom is -0.481 e. The smallest absolute Gasteiger partial charge is 0.311 e. The van der Waals surface area contributed by atoms with E-state index in [9.17, 15) is 14.7 Å². The minimum atomic E-state index is -0.945. The van der Waals surface area contributed by atoms with Gasteiger partial charge in [0.25, 0.3) is 5.91 Å². The number of carboxylic acids is 1. The Morgan fingerprint density at radius 3 is 2.54 bits per heavy atom. The van der Waals surface area contributed by atoms with Gasteiger partial charge in [0.1, 0.15) is 0 Å². The molecule has 2 heterocycles. The van der Waals surface area contributed by atoms with Crippen molar-refractivity contribution in [3.63, 3.8) is 0 Å². The number of rotatable bonds is 4. The van der Waals surface area contributed by atoms with Crippen LogP contribution >= 0.6 is 0 Å². The molecular weight excluding hydrogens is 352 g/mol. The number of carbonyl (C=O) groups is 2. The summed E-state index contributed by atoms with van der Waals surface area (Å²) in [5.41, 5.74) is 1.68. The summed E-state index contributed by atoms with van der Waals surface area (Å²) in [6, 6.07) is 17.5. The van der Waals surface area contributed by atoms with E-state index < -0.39 is 11.4 Å². The Hall–Kier alpha value is -3.08. The molecule has 5 nitrogen and oxygen atoms in total. The average molecular weight is 376 g/mol. The highest BCUT2D eigenvalue weighted by Gasteiger charge is 2.44. The maximum Gasteiger partial charge on any atom is 0.311 e. The fourth-order valence-electron chi connectivity index (χ4n) is 4.37. The van der Waals surface area contributed by atoms with Gasteiger partial charge in [-0.05, 0) is 30.9 Å². The molecule has 5 heteroatoms. The molecule has 1 aliphatic heterocycles. The van der Waals surface area contributed by atoms with E-state index in [0.29, 0.717) is 31.4 Å². The summed E-state index contributed by atoms with van der Waals surface area (Å²) in [4.78, 5) is 27.3. The van der Waals surface area contributed by atoms with E-state index in [-0.39, 0.29) is 12.5 Å². The van der Waals surface area contributed by atoms with Crippen LogP contribution < -0.4 is 0 Å². The van der Waals surface area contributed by atoms with Crippen molar-refractivity contribution in [2.45, 2.75) is 19.3 Å². The van der Waals surface area contributed by atoms with Gasteiger partial charge < -0.3 is 14.6 Å². The summed E-state index contributed by atoms with van der Waals surface area (Å²) in [6.07, 6.45) is 3.55. The Kier molecular flexibility index (Phi) is 4.67. The zero-order valence-corrected chi connectivity index (χ0v) is 16.0. The standard InChI is InChI=1S/C23H24N2O3/c1-24-15-19(18-10-5-6-11-20(18)24)21(26)25-13-7-12-23(16-25,22(27)28)14-17-8-3-2-4-9-17/h2-6,8-11,15H,7,12-14,16H2,1H3,(H,27,28)/t23-/m0/s1. The van der Waals surface area contributed by atoms with Crippen molar-refractivity contribution in [3.05, 3.63) is 71.9 Å². The van der Waals surface area contributed by atoms with E-state index in [1.165, 1.54) is 0 Å². The fraction of sp³-hybridized carbons (Fsp3) is 0.304. The van der Waals surface area contributed by atoms with Gasteiger partial charge in [-0.1, -0.05) is 48.5 Å². The van der Waals surface area contributed by atoms with Crippen molar-refractivity contribution >= 4 is 22.8 Å². The van der Waals surface area contributed by atoms with E-state index in [0.717, 1.165) is 16.5 Å². The molecular formula is C23H24N2O3. The molecule has 1 N–H and O–H groups in total. The number of aryl methyl sites for hydroxylation is 1. The predicted octanol–water partition coefficient (Wildman–Crippen LogP) is 3.73. The van der Waals surface area contributed by atoms with E-state index in [1.54, 1.807) is 4.90 Å². The van der Waals surface area contributed by atoms with Crippen LogP contribution in [0.1, 0.15) is 28.8 Å². The number of aliphatic carboxylic acids is 1. The molecule has 0 saturated carbocycles. The molecule has 1 fully saturated rings. The lowest BCUT2D eigenvalue weighted by molar-refractivity contribution is -0.151. The fourth-order valence-corrected chi connectivity index (χ4v) is 4.37. The van der Waals surface area contributed by atoms with E-state index in [1.807, 2.05) is 72.4 Å². The quantitative estimate of drug-likeness (QED) is 0.755. The molecule has 1 aromatic heterocycles. The summed E-state index contributed by atoms with van der Waals surface area (Å²) in [7, 11) is 1.92. The SMILES string of the molecule is Cn1cc(C(=O)N2CCC[C@@](Cc3ccccc3)(C(=O)O)C2)c2ccccc21. The Morgan fingerprint density at radius 1 is 1.07 bits per heavy atom. The first-order chi connectivity index (χ1) is 13.5. The third-order valence-corrected chi connectivity index (χ3v) is 5.83. The van der Waals surface area contributed by atoms with Crippen LogP contribution in [0.15, 0.2) is 60.8 Å². The van der Waals surface area contributed by atoms with Gasteiger partial charge in [-0.15, -0.1) is 0 Å². The topological polar surface area (TPSA) is 62.5 Å². The molecule has 1 aliphatic rings. The summed E-state index contributed by atoms with van der Waals surface area (Å²) >= 11 is 0. The van der Waals surface area contributed by atoms with Gasteiger partial charge >= 0.3 is 5.97 Å². The van der Waals surface area contributed by atoms with Crippen molar-refractivity contribution in [3.8, 4) is 0 Å². The molecule has 0 unspecified atom stereocenters. The Labute approximate surface area is 164 Å². The monoisotopic (exact) mass is 376 g/mol. The molecule has 0 aliphatic carbocycles. The lowest BCUT2D eigenvalue weighted by atomic mass is 9.75. The molecule has 4 rings (SSSR count). The van der Waals surface area contributed by atoms with Gasteiger partial charge in [0.05, 0.1) is 11.0 Å². The molecule has 1 atom stereocenters. The van der Waals surface area contributed by atoms with Gasteiger partial charge in [0, 0.05) is 37.2 Å². The van der Waals surface area contributed by atoms with Crippen LogP contribution in [-0.4, -0.2) is 39.5 Å². The van der Waals surface area contributed by atoms with Gasteiger partial charge in [-0.25, -0.2) is 0 Å². The molecule has 144 valence electrons. The summed E-state index contributed by atoms with van der Waals surface area (Å²) in [5.74, 6) is -0.915. The summed E-state index contributed by atoms with van der Waals surface area (Å²) < 4.78 is 1.95. The van der Waals surface area contributed by atoms with Crippen molar-refractivity contribution in [1.29, 1.82) is 0 Å². The second-order valence-electron chi connectivity index (χ2n) is 7.75. The molecule has 3 aromatic rings.